The molecule has 1 aliphatic rings. The molecule has 1 nitrogen and oxygen atoms in total. The van der Waals surface area contributed by atoms with Crippen molar-refractivity contribution in [2.24, 2.45) is 5.41 Å². The first-order valence-corrected chi connectivity index (χ1v) is 8.59. The summed E-state index contributed by atoms with van der Waals surface area (Å²) >= 11 is 5.72. The summed E-state index contributed by atoms with van der Waals surface area (Å²) in [5.41, 5.74) is 0.505. The fourth-order valence-corrected chi connectivity index (χ4v) is 4.83. The highest BCUT2D eigenvalue weighted by Crippen LogP contribution is 2.41. The Kier molecular flexibility index (Phi) is 5.04. The van der Waals surface area contributed by atoms with Crippen LogP contribution in [-0.4, -0.2) is 11.1 Å². The molecular formula is C14H21BrOS. The predicted octanol–water partition coefficient (Wildman–Crippen LogP) is 5.42. The lowest BCUT2D eigenvalue weighted by atomic mass is 9.85. The number of hydrogen-bond acceptors (Lipinski definition) is 2. The Morgan fingerprint density at radius 3 is 2.53 bits per heavy atom. The number of alkyl halides is 1. The van der Waals surface area contributed by atoms with E-state index in [9.17, 15) is 0 Å². The van der Waals surface area contributed by atoms with Gasteiger partial charge in [0.05, 0.1) is 6.26 Å². The Morgan fingerprint density at radius 1 is 1.29 bits per heavy atom. The van der Waals surface area contributed by atoms with Gasteiger partial charge >= 0.3 is 0 Å². The number of rotatable bonds is 4. The largest absolute Gasteiger partial charge is 0.468 e. The molecule has 96 valence electrons. The third kappa shape index (κ3) is 3.54. The van der Waals surface area contributed by atoms with E-state index in [0.29, 0.717) is 5.41 Å². The van der Waals surface area contributed by atoms with E-state index >= 15 is 0 Å². The molecule has 0 unspecified atom stereocenters. The highest BCUT2D eigenvalue weighted by atomic mass is 79.9. The second-order valence-electron chi connectivity index (χ2n) is 5.18. The number of aryl methyl sites for hydroxylation is 1. The molecule has 2 rings (SSSR count). The van der Waals surface area contributed by atoms with E-state index in [-0.39, 0.29) is 0 Å². The summed E-state index contributed by atoms with van der Waals surface area (Å²) in [4.78, 5) is 1.31. The van der Waals surface area contributed by atoms with Crippen molar-refractivity contribution >= 4 is 27.7 Å². The molecule has 1 aromatic heterocycles. The van der Waals surface area contributed by atoms with Gasteiger partial charge in [-0.3, -0.25) is 0 Å². The van der Waals surface area contributed by atoms with Crippen LogP contribution in [0.4, 0.5) is 0 Å². The lowest BCUT2D eigenvalue weighted by Gasteiger charge is -2.30. The fourth-order valence-electron chi connectivity index (χ4n) is 2.55. The Balaban J connectivity index is 1.96. The van der Waals surface area contributed by atoms with Gasteiger partial charge in [-0.25, -0.2) is 0 Å². The van der Waals surface area contributed by atoms with Crippen molar-refractivity contribution in [1.29, 1.82) is 0 Å². The summed E-state index contributed by atoms with van der Waals surface area (Å²) in [7, 11) is 0. The summed E-state index contributed by atoms with van der Waals surface area (Å²) < 4.78 is 5.36. The van der Waals surface area contributed by atoms with Crippen LogP contribution in [0.2, 0.25) is 0 Å². The third-order valence-corrected chi connectivity index (χ3v) is 6.47. The Labute approximate surface area is 117 Å². The van der Waals surface area contributed by atoms with E-state index in [1.165, 1.54) is 49.2 Å². The first-order valence-electron chi connectivity index (χ1n) is 6.49. The monoisotopic (exact) mass is 316 g/mol. The van der Waals surface area contributed by atoms with Gasteiger partial charge in [0.1, 0.15) is 5.76 Å². The maximum atomic E-state index is 5.36. The molecule has 0 aliphatic heterocycles. The van der Waals surface area contributed by atoms with Gasteiger partial charge in [-0.05, 0) is 31.2 Å². The summed E-state index contributed by atoms with van der Waals surface area (Å²) in [6, 6.07) is 2.10. The topological polar surface area (TPSA) is 13.1 Å². The molecule has 17 heavy (non-hydrogen) atoms. The highest BCUT2D eigenvalue weighted by Gasteiger charge is 2.30. The van der Waals surface area contributed by atoms with Crippen LogP contribution >= 0.6 is 27.7 Å². The smallest absolute Gasteiger partial charge is 0.114 e. The second kappa shape index (κ2) is 6.33. The predicted molar refractivity (Wildman–Crippen MR) is 78.1 cm³/mol. The number of halogens is 1. The summed E-state index contributed by atoms with van der Waals surface area (Å²) in [5, 5.41) is 1.14. The van der Waals surface area contributed by atoms with Gasteiger partial charge in [0.15, 0.2) is 0 Å². The fraction of sp³-hybridized carbons (Fsp3) is 0.714. The SMILES string of the molecule is Cc1occc1SCC1(CBr)CCCCCC1. The van der Waals surface area contributed by atoms with Gasteiger partial charge in [0.2, 0.25) is 0 Å². The quantitative estimate of drug-likeness (QED) is 0.418. The standard InChI is InChI=1S/C14H21BrOS/c1-12-13(6-9-16-12)17-11-14(10-15)7-4-2-3-5-8-14/h6,9H,2-5,7-8,10-11H2,1H3. The lowest BCUT2D eigenvalue weighted by molar-refractivity contribution is 0.334. The van der Waals surface area contributed by atoms with E-state index in [1.54, 1.807) is 6.26 Å². The molecule has 1 saturated carbocycles. The van der Waals surface area contributed by atoms with Crippen molar-refractivity contribution in [2.75, 3.05) is 11.1 Å². The molecular weight excluding hydrogens is 296 g/mol. The second-order valence-corrected chi connectivity index (χ2v) is 6.76. The van der Waals surface area contributed by atoms with Crippen LogP contribution < -0.4 is 0 Å². The van der Waals surface area contributed by atoms with Crippen molar-refractivity contribution in [3.05, 3.63) is 18.1 Å². The minimum Gasteiger partial charge on any atom is -0.468 e. The molecule has 1 fully saturated rings. The minimum absolute atomic E-state index is 0.505. The molecule has 1 heterocycles. The van der Waals surface area contributed by atoms with Gasteiger partial charge in [-0.2, -0.15) is 0 Å². The molecule has 3 heteroatoms. The van der Waals surface area contributed by atoms with E-state index in [2.05, 4.69) is 28.9 Å². The van der Waals surface area contributed by atoms with Gasteiger partial charge in [0.25, 0.3) is 0 Å². The zero-order valence-electron chi connectivity index (χ0n) is 10.5. The average molecular weight is 317 g/mol. The molecule has 1 aromatic rings. The van der Waals surface area contributed by atoms with Gasteiger partial charge in [-0.15, -0.1) is 11.8 Å². The van der Waals surface area contributed by atoms with Crippen LogP contribution in [0.15, 0.2) is 21.6 Å². The molecule has 0 aromatic carbocycles. The van der Waals surface area contributed by atoms with Crippen molar-refractivity contribution in [1.82, 2.24) is 0 Å². The first kappa shape index (κ1) is 13.5. The van der Waals surface area contributed by atoms with E-state index < -0.39 is 0 Å². The van der Waals surface area contributed by atoms with Crippen LogP contribution in [0, 0.1) is 12.3 Å². The van der Waals surface area contributed by atoms with Crippen LogP contribution in [0.3, 0.4) is 0 Å². The summed E-state index contributed by atoms with van der Waals surface area (Å²) in [5.74, 6) is 2.28. The maximum absolute atomic E-state index is 5.36. The van der Waals surface area contributed by atoms with Gasteiger partial charge in [0, 0.05) is 16.0 Å². The normalized spacial score (nSPS) is 20.1. The van der Waals surface area contributed by atoms with Gasteiger partial charge in [-0.1, -0.05) is 41.6 Å². The molecule has 0 N–H and O–H groups in total. The number of thioether (sulfide) groups is 1. The molecule has 0 radical (unpaired) electrons. The molecule has 0 atom stereocenters. The van der Waals surface area contributed by atoms with Crippen LogP contribution in [0.25, 0.3) is 0 Å². The van der Waals surface area contributed by atoms with Crippen molar-refractivity contribution in [3.8, 4) is 0 Å². The summed E-state index contributed by atoms with van der Waals surface area (Å²) in [6.07, 6.45) is 10.2. The average Bonchev–Trinajstić information content (AvgIpc) is 2.63. The van der Waals surface area contributed by atoms with E-state index in [4.69, 9.17) is 4.42 Å². The molecule has 0 amide bonds. The Bertz CT molecular complexity index is 340. The van der Waals surface area contributed by atoms with Crippen LogP contribution in [-0.2, 0) is 0 Å². The van der Waals surface area contributed by atoms with Crippen molar-refractivity contribution in [3.63, 3.8) is 0 Å². The molecule has 0 bridgehead atoms. The minimum atomic E-state index is 0.505. The van der Waals surface area contributed by atoms with Crippen molar-refractivity contribution < 1.29 is 4.42 Å². The molecule has 0 saturated heterocycles. The first-order chi connectivity index (χ1) is 8.26. The van der Waals surface area contributed by atoms with Crippen molar-refractivity contribution in [2.45, 2.75) is 50.3 Å². The zero-order valence-corrected chi connectivity index (χ0v) is 12.9. The van der Waals surface area contributed by atoms with E-state index in [1.807, 2.05) is 11.8 Å². The Hall–Kier alpha value is 0.110. The lowest BCUT2D eigenvalue weighted by Crippen LogP contribution is -2.25. The zero-order chi connectivity index (χ0) is 12.1. The summed E-state index contributed by atoms with van der Waals surface area (Å²) in [6.45, 7) is 2.05. The van der Waals surface area contributed by atoms with E-state index in [0.717, 1.165) is 11.1 Å². The molecule has 0 spiro atoms. The number of furan rings is 1. The van der Waals surface area contributed by atoms with Crippen LogP contribution in [0.5, 0.6) is 0 Å². The maximum Gasteiger partial charge on any atom is 0.114 e. The van der Waals surface area contributed by atoms with Crippen LogP contribution in [0.1, 0.15) is 44.3 Å². The third-order valence-electron chi connectivity index (χ3n) is 3.79. The highest BCUT2D eigenvalue weighted by molar-refractivity contribution is 9.09. The number of hydrogen-bond donors (Lipinski definition) is 0. The van der Waals surface area contributed by atoms with Gasteiger partial charge < -0.3 is 4.42 Å². The Morgan fingerprint density at radius 2 is 2.00 bits per heavy atom. The molecule has 1 aliphatic carbocycles.